The number of nitrogens with two attached hydrogens (primary N) is 1. The van der Waals surface area contributed by atoms with Crippen LogP contribution in [0.5, 0.6) is 0 Å². The monoisotopic (exact) mass is 391 g/mol. The summed E-state index contributed by atoms with van der Waals surface area (Å²) in [6.45, 7) is 9.72. The zero-order valence-corrected chi connectivity index (χ0v) is 17.6. The second kappa shape index (κ2) is 7.26. The quantitative estimate of drug-likeness (QED) is 0.735. The summed E-state index contributed by atoms with van der Waals surface area (Å²) in [6, 6.07) is 12.1. The van der Waals surface area contributed by atoms with Gasteiger partial charge in [0.2, 0.25) is 0 Å². The number of rotatable bonds is 3. The molecule has 1 saturated heterocycles. The minimum absolute atomic E-state index is 0.0258. The van der Waals surface area contributed by atoms with Gasteiger partial charge in [-0.3, -0.25) is 4.79 Å². The van der Waals surface area contributed by atoms with E-state index in [-0.39, 0.29) is 23.4 Å². The van der Waals surface area contributed by atoms with E-state index in [9.17, 15) is 4.79 Å². The Balaban J connectivity index is 1.84. The number of pyridine rings is 1. The molecule has 2 N–H and O–H groups in total. The number of likely N-dealkylation sites (tertiary alicyclic amines) is 1. The van der Waals surface area contributed by atoms with E-state index in [4.69, 9.17) is 10.7 Å². The first-order valence-electron chi connectivity index (χ1n) is 10.3. The van der Waals surface area contributed by atoms with Crippen LogP contribution in [0, 0.1) is 5.41 Å². The van der Waals surface area contributed by atoms with Crippen LogP contribution in [-0.2, 0) is 0 Å². The predicted octanol–water partition coefficient (Wildman–Crippen LogP) is 3.88. The molecule has 0 bridgehead atoms. The molecular formula is C23H29N5O. The van der Waals surface area contributed by atoms with Crippen molar-refractivity contribution in [1.82, 2.24) is 19.7 Å². The first kappa shape index (κ1) is 19.6. The third kappa shape index (κ3) is 3.53. The van der Waals surface area contributed by atoms with Gasteiger partial charge in [-0.05, 0) is 31.7 Å². The van der Waals surface area contributed by atoms with E-state index < -0.39 is 0 Å². The molecule has 1 amide bonds. The fourth-order valence-corrected chi connectivity index (χ4v) is 4.05. The highest BCUT2D eigenvalue weighted by atomic mass is 16.2. The van der Waals surface area contributed by atoms with Gasteiger partial charge in [-0.15, -0.1) is 0 Å². The number of carbonyl (C=O) groups is 1. The fraction of sp³-hybridized carbons (Fsp3) is 0.435. The molecule has 3 aromatic rings. The molecular weight excluding hydrogens is 362 g/mol. The molecule has 1 aliphatic rings. The Hall–Kier alpha value is -2.73. The summed E-state index contributed by atoms with van der Waals surface area (Å²) >= 11 is 0. The minimum Gasteiger partial charge on any atom is -0.338 e. The highest BCUT2D eigenvalue weighted by molar-refractivity contribution is 6.06. The highest BCUT2D eigenvalue weighted by Crippen LogP contribution is 2.31. The molecule has 1 fully saturated rings. The van der Waals surface area contributed by atoms with Crippen LogP contribution in [0.4, 0.5) is 0 Å². The number of nitrogens with zero attached hydrogens (tertiary/aromatic N) is 4. The number of piperidine rings is 1. The van der Waals surface area contributed by atoms with Crippen molar-refractivity contribution in [3.63, 3.8) is 0 Å². The van der Waals surface area contributed by atoms with E-state index in [1.165, 1.54) is 0 Å². The van der Waals surface area contributed by atoms with E-state index in [1.54, 1.807) is 6.20 Å². The number of benzene rings is 1. The number of hydrogen-bond acceptors (Lipinski definition) is 4. The smallest absolute Gasteiger partial charge is 0.254 e. The maximum absolute atomic E-state index is 13.6. The molecule has 29 heavy (non-hydrogen) atoms. The van der Waals surface area contributed by atoms with E-state index in [0.29, 0.717) is 18.7 Å². The average molecular weight is 392 g/mol. The summed E-state index contributed by atoms with van der Waals surface area (Å²) in [5.41, 5.74) is 9.36. The Morgan fingerprint density at radius 2 is 1.97 bits per heavy atom. The maximum Gasteiger partial charge on any atom is 0.254 e. The summed E-state index contributed by atoms with van der Waals surface area (Å²) in [7, 11) is 0. The van der Waals surface area contributed by atoms with Gasteiger partial charge in [0, 0.05) is 30.7 Å². The molecule has 1 atom stereocenters. The van der Waals surface area contributed by atoms with Crippen molar-refractivity contribution in [2.45, 2.75) is 46.2 Å². The molecule has 1 unspecified atom stereocenters. The molecule has 1 aromatic carbocycles. The largest absolute Gasteiger partial charge is 0.338 e. The van der Waals surface area contributed by atoms with E-state index >= 15 is 0 Å². The minimum atomic E-state index is -0.107. The van der Waals surface area contributed by atoms with Crippen LogP contribution in [0.15, 0.2) is 42.6 Å². The van der Waals surface area contributed by atoms with Gasteiger partial charge in [-0.2, -0.15) is 5.10 Å². The third-order valence-corrected chi connectivity index (χ3v) is 5.96. The third-order valence-electron chi connectivity index (χ3n) is 5.96. The number of aromatic nitrogens is 3. The molecule has 3 heterocycles. The zero-order valence-electron chi connectivity index (χ0n) is 17.6. The van der Waals surface area contributed by atoms with Gasteiger partial charge in [0.25, 0.3) is 5.91 Å². The molecule has 6 nitrogen and oxygen atoms in total. The van der Waals surface area contributed by atoms with Crippen LogP contribution in [0.25, 0.3) is 22.3 Å². The molecule has 0 radical (unpaired) electrons. The molecule has 152 valence electrons. The van der Waals surface area contributed by atoms with Crippen LogP contribution in [0.1, 0.15) is 50.5 Å². The van der Waals surface area contributed by atoms with Crippen molar-refractivity contribution in [2.75, 3.05) is 13.1 Å². The fourth-order valence-electron chi connectivity index (χ4n) is 4.05. The lowest BCUT2D eigenvalue weighted by molar-refractivity contribution is 0.0535. The normalized spacial score (nSPS) is 19.1. The maximum atomic E-state index is 13.6. The van der Waals surface area contributed by atoms with Crippen LogP contribution < -0.4 is 5.73 Å². The van der Waals surface area contributed by atoms with Crippen LogP contribution >= 0.6 is 0 Å². The van der Waals surface area contributed by atoms with Crippen molar-refractivity contribution in [1.29, 1.82) is 0 Å². The van der Waals surface area contributed by atoms with Gasteiger partial charge in [0.1, 0.15) is 0 Å². The van der Waals surface area contributed by atoms with Crippen molar-refractivity contribution >= 4 is 16.9 Å². The Bertz CT molecular complexity index is 1040. The highest BCUT2D eigenvalue weighted by Gasteiger charge is 2.36. The van der Waals surface area contributed by atoms with Crippen LogP contribution in [-0.4, -0.2) is 44.7 Å². The van der Waals surface area contributed by atoms with Crippen molar-refractivity contribution in [2.24, 2.45) is 11.1 Å². The number of carbonyl (C=O) groups excluding carboxylic acids is 1. The summed E-state index contributed by atoms with van der Waals surface area (Å²) in [6.07, 6.45) is 2.58. The van der Waals surface area contributed by atoms with Gasteiger partial charge in [-0.25, -0.2) is 9.67 Å². The van der Waals surface area contributed by atoms with Gasteiger partial charge < -0.3 is 10.6 Å². The van der Waals surface area contributed by atoms with Crippen LogP contribution in [0.2, 0.25) is 0 Å². The lowest BCUT2D eigenvalue weighted by Crippen LogP contribution is -2.54. The molecule has 0 aliphatic carbocycles. The Morgan fingerprint density at radius 1 is 1.24 bits per heavy atom. The number of amides is 1. The molecule has 4 rings (SSSR count). The predicted molar refractivity (Wildman–Crippen MR) is 116 cm³/mol. The Labute approximate surface area is 171 Å². The number of fused-ring (bicyclic) bond motifs is 1. The second-order valence-electron chi connectivity index (χ2n) is 8.95. The van der Waals surface area contributed by atoms with E-state index in [1.807, 2.05) is 46.0 Å². The van der Waals surface area contributed by atoms with Gasteiger partial charge in [0.15, 0.2) is 5.65 Å². The average Bonchev–Trinajstić information content (AvgIpc) is 3.13. The SMILES string of the molecule is CC(C)n1ncc2c(C(=O)N3CCC(N)C(C)(C)C3)cc(-c3ccccc3)nc21. The van der Waals surface area contributed by atoms with E-state index in [0.717, 1.165) is 28.7 Å². The summed E-state index contributed by atoms with van der Waals surface area (Å²) in [5.74, 6) is 0.0258. The standard InChI is InChI=1S/C23H29N5O/c1-15(2)28-21-18(13-25-28)17(12-19(26-21)16-8-6-5-7-9-16)22(29)27-11-10-20(24)23(3,4)14-27/h5-9,12-13,15,20H,10-11,14,24H2,1-4H3. The number of hydrogen-bond donors (Lipinski definition) is 1. The molecule has 1 aliphatic heterocycles. The van der Waals surface area contributed by atoms with Crippen LogP contribution in [0.3, 0.4) is 0 Å². The molecule has 0 spiro atoms. The Morgan fingerprint density at radius 3 is 2.62 bits per heavy atom. The summed E-state index contributed by atoms with van der Waals surface area (Å²) in [5, 5.41) is 5.32. The first-order chi connectivity index (χ1) is 13.8. The lowest BCUT2D eigenvalue weighted by atomic mass is 9.79. The lowest BCUT2D eigenvalue weighted by Gasteiger charge is -2.42. The van der Waals surface area contributed by atoms with Crippen molar-refractivity contribution in [3.05, 3.63) is 48.2 Å². The summed E-state index contributed by atoms with van der Waals surface area (Å²) < 4.78 is 1.88. The van der Waals surface area contributed by atoms with Gasteiger partial charge in [-0.1, -0.05) is 44.2 Å². The molecule has 6 heteroatoms. The molecule has 2 aromatic heterocycles. The topological polar surface area (TPSA) is 77.0 Å². The molecule has 0 saturated carbocycles. The first-order valence-corrected chi connectivity index (χ1v) is 10.3. The van der Waals surface area contributed by atoms with E-state index in [2.05, 4.69) is 32.8 Å². The Kier molecular flexibility index (Phi) is 4.90. The summed E-state index contributed by atoms with van der Waals surface area (Å²) in [4.78, 5) is 20.4. The second-order valence-corrected chi connectivity index (χ2v) is 8.95. The van der Waals surface area contributed by atoms with Gasteiger partial charge >= 0.3 is 0 Å². The van der Waals surface area contributed by atoms with Crippen molar-refractivity contribution in [3.8, 4) is 11.3 Å². The van der Waals surface area contributed by atoms with Gasteiger partial charge in [0.05, 0.1) is 22.8 Å². The van der Waals surface area contributed by atoms with Crippen molar-refractivity contribution < 1.29 is 4.79 Å². The zero-order chi connectivity index (χ0) is 20.8.